The molecule has 0 amide bonds. The van der Waals surface area contributed by atoms with Crippen LogP contribution in [0.4, 0.5) is 0 Å². The quantitative estimate of drug-likeness (QED) is 0.629. The van der Waals surface area contributed by atoms with Gasteiger partial charge in [0.25, 0.3) is 5.56 Å². The van der Waals surface area contributed by atoms with Gasteiger partial charge in [0.15, 0.2) is 0 Å². The molecule has 4 nitrogen and oxygen atoms in total. The predicted molar refractivity (Wildman–Crippen MR) is 99.8 cm³/mol. The topological polar surface area (TPSA) is 44.1 Å². The highest BCUT2D eigenvalue weighted by molar-refractivity contribution is 7.17. The van der Waals surface area contributed by atoms with E-state index >= 15 is 0 Å². The Hall–Kier alpha value is -1.98. The molecule has 24 heavy (non-hydrogen) atoms. The molecular weight excluding hydrogens is 320 g/mol. The van der Waals surface area contributed by atoms with Gasteiger partial charge in [-0.05, 0) is 32.8 Å². The maximum absolute atomic E-state index is 12.9. The van der Waals surface area contributed by atoms with Crippen LogP contribution in [0.3, 0.4) is 0 Å². The lowest BCUT2D eigenvalue weighted by Gasteiger charge is -2.09. The number of benzene rings is 1. The molecule has 0 N–H and O–H groups in total. The summed E-state index contributed by atoms with van der Waals surface area (Å²) in [7, 11) is 0. The highest BCUT2D eigenvalue weighted by atomic mass is 32.1. The number of thiophene rings is 1. The molecule has 0 radical (unpaired) electrons. The second-order valence-electron chi connectivity index (χ2n) is 6.21. The minimum Gasteiger partial charge on any atom is -0.379 e. The number of hydrogen-bond donors (Lipinski definition) is 0. The molecule has 0 saturated carbocycles. The Morgan fingerprint density at radius 1 is 1.25 bits per heavy atom. The molecule has 0 aliphatic carbocycles. The molecule has 0 unspecified atom stereocenters. The van der Waals surface area contributed by atoms with E-state index in [-0.39, 0.29) is 11.7 Å². The van der Waals surface area contributed by atoms with E-state index < -0.39 is 0 Å². The minimum absolute atomic E-state index is 0.0290. The number of ether oxygens (including phenoxy) is 1. The van der Waals surface area contributed by atoms with E-state index in [0.717, 1.165) is 27.8 Å². The fourth-order valence-corrected chi connectivity index (χ4v) is 3.53. The molecule has 126 valence electrons. The summed E-state index contributed by atoms with van der Waals surface area (Å²) in [5.41, 5.74) is 3.27. The summed E-state index contributed by atoms with van der Waals surface area (Å²) in [6.07, 6.45) is 2.66. The molecule has 0 spiro atoms. The summed E-state index contributed by atoms with van der Waals surface area (Å²) in [6.45, 7) is 7.36. The Morgan fingerprint density at radius 2 is 2.00 bits per heavy atom. The first-order valence-electron chi connectivity index (χ1n) is 8.21. The lowest BCUT2D eigenvalue weighted by molar-refractivity contribution is 0.0747. The third-order valence-electron chi connectivity index (χ3n) is 3.92. The van der Waals surface area contributed by atoms with Gasteiger partial charge in [-0.2, -0.15) is 0 Å². The SMILES string of the molecule is Cc1ccc(-c2csc3ncn(CCCOC(C)C)c(=O)c23)cc1. The van der Waals surface area contributed by atoms with Crippen molar-refractivity contribution in [2.45, 2.75) is 39.8 Å². The molecule has 3 aromatic rings. The maximum Gasteiger partial charge on any atom is 0.262 e. The highest BCUT2D eigenvalue weighted by Crippen LogP contribution is 2.30. The molecule has 0 atom stereocenters. The molecule has 0 aliphatic rings. The highest BCUT2D eigenvalue weighted by Gasteiger charge is 2.13. The number of rotatable bonds is 6. The van der Waals surface area contributed by atoms with Gasteiger partial charge < -0.3 is 4.74 Å². The van der Waals surface area contributed by atoms with Crippen LogP contribution in [-0.4, -0.2) is 22.3 Å². The Kier molecular flexibility index (Phi) is 5.11. The van der Waals surface area contributed by atoms with Crippen molar-refractivity contribution >= 4 is 21.6 Å². The van der Waals surface area contributed by atoms with Crippen molar-refractivity contribution in [1.29, 1.82) is 0 Å². The molecule has 5 heteroatoms. The number of fused-ring (bicyclic) bond motifs is 1. The molecule has 0 bridgehead atoms. The minimum atomic E-state index is 0.0290. The molecule has 0 saturated heterocycles. The lowest BCUT2D eigenvalue weighted by Crippen LogP contribution is -2.21. The number of aromatic nitrogens is 2. The average molecular weight is 342 g/mol. The second kappa shape index (κ2) is 7.28. The van der Waals surface area contributed by atoms with Crippen LogP contribution in [0.5, 0.6) is 0 Å². The molecule has 1 aromatic carbocycles. The summed E-state index contributed by atoms with van der Waals surface area (Å²) < 4.78 is 7.24. The third kappa shape index (κ3) is 3.57. The fraction of sp³-hybridized carbons (Fsp3) is 0.368. The van der Waals surface area contributed by atoms with Crippen LogP contribution < -0.4 is 5.56 Å². The van der Waals surface area contributed by atoms with E-state index in [1.165, 1.54) is 16.9 Å². The zero-order valence-corrected chi connectivity index (χ0v) is 15.1. The van der Waals surface area contributed by atoms with Gasteiger partial charge in [0, 0.05) is 24.1 Å². The van der Waals surface area contributed by atoms with Crippen molar-refractivity contribution in [3.63, 3.8) is 0 Å². The first-order valence-corrected chi connectivity index (χ1v) is 9.09. The smallest absolute Gasteiger partial charge is 0.262 e. The van der Waals surface area contributed by atoms with Crippen LogP contribution >= 0.6 is 11.3 Å². The van der Waals surface area contributed by atoms with Crippen molar-refractivity contribution in [3.8, 4) is 11.1 Å². The second-order valence-corrected chi connectivity index (χ2v) is 7.07. The molecule has 2 heterocycles. The van der Waals surface area contributed by atoms with Crippen LogP contribution in [0, 0.1) is 6.92 Å². The molecule has 0 aliphatic heterocycles. The van der Waals surface area contributed by atoms with Gasteiger partial charge in [0.2, 0.25) is 0 Å². The maximum atomic E-state index is 12.9. The van der Waals surface area contributed by atoms with Gasteiger partial charge in [0.05, 0.1) is 17.8 Å². The first kappa shape index (κ1) is 16.9. The third-order valence-corrected chi connectivity index (χ3v) is 4.80. The zero-order chi connectivity index (χ0) is 17.1. The van der Waals surface area contributed by atoms with Crippen molar-refractivity contribution in [1.82, 2.24) is 9.55 Å². The van der Waals surface area contributed by atoms with Gasteiger partial charge in [0.1, 0.15) is 4.83 Å². The predicted octanol–water partition coefficient (Wildman–Crippen LogP) is 4.25. The molecule has 2 aromatic heterocycles. The first-order chi connectivity index (χ1) is 11.6. The Balaban J connectivity index is 1.91. The summed E-state index contributed by atoms with van der Waals surface area (Å²) in [5, 5.41) is 2.74. The number of hydrogen-bond acceptors (Lipinski definition) is 4. The van der Waals surface area contributed by atoms with Crippen molar-refractivity contribution in [2.24, 2.45) is 0 Å². The van der Waals surface area contributed by atoms with Crippen molar-refractivity contribution in [2.75, 3.05) is 6.61 Å². The Morgan fingerprint density at radius 3 is 2.71 bits per heavy atom. The Bertz CT molecular complexity index is 879. The van der Waals surface area contributed by atoms with Gasteiger partial charge in [-0.1, -0.05) is 29.8 Å². The van der Waals surface area contributed by atoms with E-state index in [1.54, 1.807) is 10.9 Å². The standard InChI is InChI=1S/C19H22N2O2S/c1-13(2)23-10-4-9-21-12-20-18-17(19(21)22)16(11-24-18)15-7-5-14(3)6-8-15/h5-8,11-13H,4,9-10H2,1-3H3. The summed E-state index contributed by atoms with van der Waals surface area (Å²) in [4.78, 5) is 18.1. The molecule has 3 rings (SSSR count). The summed E-state index contributed by atoms with van der Waals surface area (Å²) in [6, 6.07) is 8.25. The Labute approximate surface area is 145 Å². The fourth-order valence-electron chi connectivity index (χ4n) is 2.63. The monoisotopic (exact) mass is 342 g/mol. The van der Waals surface area contributed by atoms with E-state index in [0.29, 0.717) is 13.2 Å². The average Bonchev–Trinajstić information content (AvgIpc) is 2.99. The van der Waals surface area contributed by atoms with E-state index in [2.05, 4.69) is 36.2 Å². The number of nitrogens with zero attached hydrogens (tertiary/aromatic N) is 2. The van der Waals surface area contributed by atoms with Crippen molar-refractivity contribution in [3.05, 3.63) is 51.9 Å². The van der Waals surface area contributed by atoms with Crippen LogP contribution in [0.2, 0.25) is 0 Å². The van der Waals surface area contributed by atoms with Crippen LogP contribution in [-0.2, 0) is 11.3 Å². The van der Waals surface area contributed by atoms with Crippen molar-refractivity contribution < 1.29 is 4.74 Å². The van der Waals surface area contributed by atoms with Gasteiger partial charge in [-0.15, -0.1) is 11.3 Å². The van der Waals surface area contributed by atoms with Crippen LogP contribution in [0.15, 0.2) is 40.8 Å². The van der Waals surface area contributed by atoms with Gasteiger partial charge in [-0.3, -0.25) is 9.36 Å². The number of aryl methyl sites for hydroxylation is 2. The normalized spacial score (nSPS) is 11.5. The van der Waals surface area contributed by atoms with E-state index in [4.69, 9.17) is 4.74 Å². The van der Waals surface area contributed by atoms with Gasteiger partial charge >= 0.3 is 0 Å². The summed E-state index contributed by atoms with van der Waals surface area (Å²) >= 11 is 1.52. The largest absolute Gasteiger partial charge is 0.379 e. The van der Waals surface area contributed by atoms with E-state index in [9.17, 15) is 4.79 Å². The molecular formula is C19H22N2O2S. The van der Waals surface area contributed by atoms with Gasteiger partial charge in [-0.25, -0.2) is 4.98 Å². The molecule has 0 fully saturated rings. The lowest BCUT2D eigenvalue weighted by atomic mass is 10.1. The van der Waals surface area contributed by atoms with Crippen LogP contribution in [0.1, 0.15) is 25.8 Å². The van der Waals surface area contributed by atoms with E-state index in [1.807, 2.05) is 19.2 Å². The zero-order valence-electron chi connectivity index (χ0n) is 14.3. The van der Waals surface area contributed by atoms with Crippen LogP contribution in [0.25, 0.3) is 21.3 Å². The summed E-state index contributed by atoms with van der Waals surface area (Å²) in [5.74, 6) is 0.